The second kappa shape index (κ2) is 12.6. The van der Waals surface area contributed by atoms with Gasteiger partial charge in [-0.15, -0.1) is 0 Å². The molecule has 3 rings (SSSR count). The average molecular weight is 598 g/mol. The molecule has 39 heavy (non-hydrogen) atoms. The van der Waals surface area contributed by atoms with E-state index >= 15 is 0 Å². The van der Waals surface area contributed by atoms with E-state index in [1.165, 1.54) is 4.31 Å². The topological polar surface area (TPSA) is 95.0 Å². The highest BCUT2D eigenvalue weighted by atomic mass is 35.5. The lowest BCUT2D eigenvalue weighted by atomic mass is 9.67. The quantitative estimate of drug-likeness (QED) is 0.325. The van der Waals surface area contributed by atoms with Crippen LogP contribution >= 0.6 is 23.2 Å². The van der Waals surface area contributed by atoms with Crippen LogP contribution in [0.4, 0.5) is 0 Å². The van der Waals surface area contributed by atoms with Crippen molar-refractivity contribution in [3.05, 3.63) is 69.7 Å². The zero-order valence-electron chi connectivity index (χ0n) is 23.1. The van der Waals surface area contributed by atoms with Crippen molar-refractivity contribution in [2.24, 2.45) is 5.41 Å². The number of benzene rings is 2. The van der Waals surface area contributed by atoms with Gasteiger partial charge >= 0.3 is 5.97 Å². The average Bonchev–Trinajstić information content (AvgIpc) is 2.86. The van der Waals surface area contributed by atoms with Gasteiger partial charge in [0.1, 0.15) is 0 Å². The van der Waals surface area contributed by atoms with Crippen molar-refractivity contribution in [2.75, 3.05) is 13.1 Å². The first-order valence-electron chi connectivity index (χ1n) is 13.3. The Morgan fingerprint density at radius 1 is 1.10 bits per heavy atom. The summed E-state index contributed by atoms with van der Waals surface area (Å²) >= 11 is 12.6. The molecule has 1 aliphatic heterocycles. The molecule has 0 aliphatic carbocycles. The molecular formula is C29H38Cl2N2O5S. The van der Waals surface area contributed by atoms with Crippen LogP contribution in [0.3, 0.4) is 0 Å². The molecule has 2 aromatic rings. The molecule has 0 saturated carbocycles. The Balaban J connectivity index is 2.25. The van der Waals surface area contributed by atoms with Crippen LogP contribution in [0.1, 0.15) is 77.0 Å². The molecule has 1 saturated heterocycles. The Bertz CT molecular complexity index is 1280. The summed E-state index contributed by atoms with van der Waals surface area (Å²) in [5, 5.41) is 10.3. The number of sulfonamides is 1. The summed E-state index contributed by atoms with van der Waals surface area (Å²) in [4.78, 5) is 28.1. The molecule has 1 N–H and O–H groups in total. The summed E-state index contributed by atoms with van der Waals surface area (Å²) in [5.74, 6) is -1.66. The van der Waals surface area contributed by atoms with Crippen molar-refractivity contribution in [1.82, 2.24) is 9.21 Å². The normalized spacial score (nSPS) is 22.9. The second-order valence-corrected chi connectivity index (χ2v) is 14.2. The predicted molar refractivity (Wildman–Crippen MR) is 156 cm³/mol. The van der Waals surface area contributed by atoms with Crippen molar-refractivity contribution in [3.63, 3.8) is 0 Å². The van der Waals surface area contributed by atoms with E-state index in [0.717, 1.165) is 11.1 Å². The number of carbonyl (C=O) groups is 2. The highest BCUT2D eigenvalue weighted by Gasteiger charge is 2.52. The molecule has 7 nitrogen and oxygen atoms in total. The van der Waals surface area contributed by atoms with Crippen LogP contribution in [-0.4, -0.2) is 59.0 Å². The molecule has 1 fully saturated rings. The first-order chi connectivity index (χ1) is 18.2. The van der Waals surface area contributed by atoms with E-state index < -0.39 is 38.7 Å². The van der Waals surface area contributed by atoms with Crippen LogP contribution < -0.4 is 0 Å². The second-order valence-electron chi connectivity index (χ2n) is 10.8. The fourth-order valence-corrected chi connectivity index (χ4v) is 7.30. The molecule has 2 aromatic carbocycles. The van der Waals surface area contributed by atoms with E-state index in [-0.39, 0.29) is 31.3 Å². The van der Waals surface area contributed by atoms with Crippen LogP contribution in [0.25, 0.3) is 0 Å². The third-order valence-corrected chi connectivity index (χ3v) is 10.5. The molecule has 1 heterocycles. The van der Waals surface area contributed by atoms with E-state index in [0.29, 0.717) is 22.9 Å². The summed E-state index contributed by atoms with van der Waals surface area (Å²) in [5.41, 5.74) is 0.514. The van der Waals surface area contributed by atoms with E-state index in [2.05, 4.69) is 0 Å². The molecular weight excluding hydrogens is 559 g/mol. The standard InChI is InChI=1S/C29H38Cl2N2O5S/c1-6-24(18-32(7-2)39(37,38)19(3)4)33-27(20-11-13-22(30)14-12-20)25(21-9-8-10-23(31)15-21)16-29(5,28(33)36)17-26(34)35/h8-15,19,24-25,27H,6-7,16-18H2,1-5H3,(H,34,35)/t24?,25-,27-,29-/m1/s1. The predicted octanol–water partition coefficient (Wildman–Crippen LogP) is 6.37. The van der Waals surface area contributed by atoms with Gasteiger partial charge in [-0.2, -0.15) is 4.31 Å². The van der Waals surface area contributed by atoms with Gasteiger partial charge < -0.3 is 10.0 Å². The minimum atomic E-state index is -3.59. The number of nitrogens with zero attached hydrogens (tertiary/aromatic N) is 2. The number of carbonyl (C=O) groups excluding carboxylic acids is 1. The molecule has 1 amide bonds. The molecule has 214 valence electrons. The molecule has 0 spiro atoms. The zero-order valence-corrected chi connectivity index (χ0v) is 25.4. The van der Waals surface area contributed by atoms with Crippen LogP contribution in [0.2, 0.25) is 10.0 Å². The first-order valence-corrected chi connectivity index (χ1v) is 15.6. The lowest BCUT2D eigenvalue weighted by Crippen LogP contribution is -2.58. The summed E-state index contributed by atoms with van der Waals surface area (Å²) in [7, 11) is -3.59. The zero-order chi connectivity index (χ0) is 29.1. The molecule has 1 unspecified atom stereocenters. The Hall–Kier alpha value is -2.13. The maximum atomic E-state index is 14.4. The number of likely N-dealkylation sites (tertiary alicyclic amines) is 1. The van der Waals surface area contributed by atoms with E-state index in [4.69, 9.17) is 23.2 Å². The van der Waals surface area contributed by atoms with Crippen LogP contribution in [0.5, 0.6) is 0 Å². The SMILES string of the molecule is CCC(CN(CC)S(=O)(=O)C(C)C)N1C(=O)[C@@](C)(CC(=O)O)C[C@H](c2cccc(Cl)c2)[C@H]1c1ccc(Cl)cc1. The fraction of sp³-hybridized carbons (Fsp3) is 0.517. The number of hydrogen-bond acceptors (Lipinski definition) is 4. The number of carboxylic acids is 1. The van der Waals surface area contributed by atoms with Crippen LogP contribution in [0.15, 0.2) is 48.5 Å². The number of halogens is 2. The lowest BCUT2D eigenvalue weighted by molar-refractivity contribution is -0.160. The Kier molecular flexibility index (Phi) is 10.1. The van der Waals surface area contributed by atoms with Crippen molar-refractivity contribution in [2.45, 2.75) is 77.1 Å². The van der Waals surface area contributed by atoms with Crippen molar-refractivity contribution >= 4 is 45.1 Å². The van der Waals surface area contributed by atoms with Gasteiger partial charge in [-0.3, -0.25) is 9.59 Å². The smallest absolute Gasteiger partial charge is 0.304 e. The molecule has 0 aromatic heterocycles. The van der Waals surface area contributed by atoms with Gasteiger partial charge in [0.25, 0.3) is 0 Å². The number of piperidine rings is 1. The Morgan fingerprint density at radius 2 is 1.74 bits per heavy atom. The van der Waals surface area contributed by atoms with Gasteiger partial charge in [0.2, 0.25) is 15.9 Å². The number of hydrogen-bond donors (Lipinski definition) is 1. The Morgan fingerprint density at radius 3 is 2.26 bits per heavy atom. The minimum Gasteiger partial charge on any atom is -0.481 e. The monoisotopic (exact) mass is 596 g/mol. The highest BCUT2D eigenvalue weighted by molar-refractivity contribution is 7.89. The van der Waals surface area contributed by atoms with Gasteiger partial charge in [-0.1, -0.05) is 68.2 Å². The van der Waals surface area contributed by atoms with Gasteiger partial charge in [-0.25, -0.2) is 8.42 Å². The van der Waals surface area contributed by atoms with Crippen molar-refractivity contribution in [1.29, 1.82) is 0 Å². The van der Waals surface area contributed by atoms with Gasteiger partial charge in [0, 0.05) is 35.1 Å². The number of carboxylic acid groups (broad SMARTS) is 1. The molecule has 10 heteroatoms. The maximum absolute atomic E-state index is 14.4. The maximum Gasteiger partial charge on any atom is 0.304 e. The lowest BCUT2D eigenvalue weighted by Gasteiger charge is -2.52. The molecule has 0 radical (unpaired) electrons. The number of rotatable bonds is 11. The van der Waals surface area contributed by atoms with E-state index in [1.54, 1.807) is 50.8 Å². The minimum absolute atomic E-state index is 0.106. The largest absolute Gasteiger partial charge is 0.481 e. The van der Waals surface area contributed by atoms with E-state index in [9.17, 15) is 23.1 Å². The van der Waals surface area contributed by atoms with Crippen molar-refractivity contribution < 1.29 is 23.1 Å². The summed E-state index contributed by atoms with van der Waals surface area (Å²) < 4.78 is 27.8. The van der Waals surface area contributed by atoms with E-state index in [1.807, 2.05) is 37.3 Å². The Labute approximate surface area is 242 Å². The van der Waals surface area contributed by atoms with Gasteiger partial charge in [-0.05, 0) is 62.1 Å². The summed E-state index contributed by atoms with van der Waals surface area (Å²) in [6.07, 6.45) is 0.427. The molecule has 0 bridgehead atoms. The fourth-order valence-electron chi connectivity index (χ4n) is 5.64. The third-order valence-electron chi connectivity index (χ3n) is 7.72. The number of aliphatic carboxylic acids is 1. The van der Waals surface area contributed by atoms with Crippen LogP contribution in [-0.2, 0) is 19.6 Å². The highest BCUT2D eigenvalue weighted by Crippen LogP contribution is 2.52. The van der Waals surface area contributed by atoms with Gasteiger partial charge in [0.15, 0.2) is 0 Å². The van der Waals surface area contributed by atoms with Gasteiger partial charge in [0.05, 0.1) is 23.1 Å². The van der Waals surface area contributed by atoms with Crippen molar-refractivity contribution in [3.8, 4) is 0 Å². The molecule has 4 atom stereocenters. The van der Waals surface area contributed by atoms with Crippen LogP contribution in [0, 0.1) is 5.41 Å². The first kappa shape index (κ1) is 31.4. The number of likely N-dealkylation sites (N-methyl/N-ethyl adjacent to an activating group) is 1. The number of amides is 1. The molecule has 1 aliphatic rings. The summed E-state index contributed by atoms with van der Waals surface area (Å²) in [6, 6.07) is 13.7. The summed E-state index contributed by atoms with van der Waals surface area (Å²) in [6.45, 7) is 9.04. The third kappa shape index (κ3) is 6.79.